The van der Waals surface area contributed by atoms with Crippen molar-refractivity contribution in [2.24, 2.45) is 5.92 Å². The van der Waals surface area contributed by atoms with Crippen LogP contribution in [0, 0.1) is 17.2 Å². The Morgan fingerprint density at radius 2 is 1.94 bits per heavy atom. The summed E-state index contributed by atoms with van der Waals surface area (Å²) >= 11 is 0. The maximum absolute atomic E-state index is 12.4. The van der Waals surface area contributed by atoms with Crippen LogP contribution in [0.3, 0.4) is 0 Å². The first kappa shape index (κ1) is 12.3. The lowest BCUT2D eigenvalue weighted by atomic mass is 9.90. The van der Waals surface area contributed by atoms with Crippen molar-refractivity contribution >= 4 is 16.6 Å². The van der Waals surface area contributed by atoms with Crippen molar-refractivity contribution < 1.29 is 4.79 Å². The number of fused-ring (bicyclic) bond motifs is 1. The molecule has 0 heterocycles. The first-order chi connectivity index (χ1) is 8.77. The van der Waals surface area contributed by atoms with E-state index < -0.39 is 0 Å². The third-order valence-corrected chi connectivity index (χ3v) is 3.26. The lowest BCUT2D eigenvalue weighted by Gasteiger charge is -2.11. The minimum atomic E-state index is -0.194. The van der Waals surface area contributed by atoms with Gasteiger partial charge >= 0.3 is 0 Å². The average molecular weight is 237 g/mol. The topological polar surface area (TPSA) is 40.9 Å². The summed E-state index contributed by atoms with van der Waals surface area (Å²) in [5.41, 5.74) is 0.732. The van der Waals surface area contributed by atoms with E-state index in [9.17, 15) is 4.79 Å². The van der Waals surface area contributed by atoms with Gasteiger partial charge in [-0.05, 0) is 17.2 Å². The second-order valence-electron chi connectivity index (χ2n) is 4.36. The van der Waals surface area contributed by atoms with Gasteiger partial charge in [0.2, 0.25) is 0 Å². The van der Waals surface area contributed by atoms with Gasteiger partial charge in [-0.25, -0.2) is 0 Å². The van der Waals surface area contributed by atoms with E-state index >= 15 is 0 Å². The highest BCUT2D eigenvalue weighted by molar-refractivity contribution is 6.09. The van der Waals surface area contributed by atoms with Crippen LogP contribution in [-0.2, 0) is 0 Å². The van der Waals surface area contributed by atoms with Crippen molar-refractivity contribution in [2.45, 2.75) is 19.8 Å². The second kappa shape index (κ2) is 5.46. The Hall–Kier alpha value is -2.14. The van der Waals surface area contributed by atoms with Crippen LogP contribution in [0.5, 0.6) is 0 Å². The minimum absolute atomic E-state index is 0.0795. The standard InChI is InChI=1S/C16H15NO/c1-2-12(10-11-17)16(18)15-9-5-7-13-6-3-4-8-14(13)15/h3-9,12H,2,10H2,1H3. The number of nitrogens with zero attached hydrogens (tertiary/aromatic N) is 1. The highest BCUT2D eigenvalue weighted by Gasteiger charge is 2.19. The van der Waals surface area contributed by atoms with E-state index in [0.717, 1.165) is 16.3 Å². The highest BCUT2D eigenvalue weighted by Crippen LogP contribution is 2.23. The molecule has 0 saturated carbocycles. The molecular formula is C16H15NO. The first-order valence-electron chi connectivity index (χ1n) is 6.16. The Bertz CT molecular complexity index is 605. The molecule has 18 heavy (non-hydrogen) atoms. The smallest absolute Gasteiger partial charge is 0.167 e. The van der Waals surface area contributed by atoms with Gasteiger partial charge in [-0.1, -0.05) is 49.4 Å². The van der Waals surface area contributed by atoms with Crippen LogP contribution in [0.4, 0.5) is 0 Å². The maximum Gasteiger partial charge on any atom is 0.167 e. The molecule has 0 aliphatic carbocycles. The SMILES string of the molecule is CCC(CC#N)C(=O)c1cccc2ccccc12. The molecule has 0 radical (unpaired) electrons. The molecule has 0 N–H and O–H groups in total. The molecule has 0 bridgehead atoms. The fourth-order valence-electron chi connectivity index (χ4n) is 2.19. The lowest BCUT2D eigenvalue weighted by molar-refractivity contribution is 0.0920. The molecule has 90 valence electrons. The van der Waals surface area contributed by atoms with Gasteiger partial charge in [0, 0.05) is 17.9 Å². The molecule has 0 fully saturated rings. The number of hydrogen-bond acceptors (Lipinski definition) is 2. The van der Waals surface area contributed by atoms with Crippen molar-refractivity contribution in [2.75, 3.05) is 0 Å². The van der Waals surface area contributed by atoms with Crippen LogP contribution in [-0.4, -0.2) is 5.78 Å². The quantitative estimate of drug-likeness (QED) is 0.755. The molecule has 2 aromatic rings. The highest BCUT2D eigenvalue weighted by atomic mass is 16.1. The normalized spacial score (nSPS) is 12.0. The molecule has 0 spiro atoms. The molecule has 2 heteroatoms. The zero-order valence-corrected chi connectivity index (χ0v) is 10.4. The van der Waals surface area contributed by atoms with Crippen LogP contribution >= 0.6 is 0 Å². The fourth-order valence-corrected chi connectivity index (χ4v) is 2.19. The number of carbonyl (C=O) groups is 1. The van der Waals surface area contributed by atoms with Gasteiger partial charge in [0.1, 0.15) is 0 Å². The molecule has 0 aliphatic rings. The molecule has 1 unspecified atom stereocenters. The number of hydrogen-bond donors (Lipinski definition) is 0. The molecule has 0 aliphatic heterocycles. The Morgan fingerprint density at radius 3 is 2.67 bits per heavy atom. The third kappa shape index (κ3) is 2.26. The van der Waals surface area contributed by atoms with Crippen LogP contribution < -0.4 is 0 Å². The molecule has 0 aromatic heterocycles. The molecule has 2 nitrogen and oxygen atoms in total. The zero-order chi connectivity index (χ0) is 13.0. The third-order valence-electron chi connectivity index (χ3n) is 3.26. The molecular weight excluding hydrogens is 222 g/mol. The summed E-state index contributed by atoms with van der Waals surface area (Å²) in [6.07, 6.45) is 0.994. The fraction of sp³-hybridized carbons (Fsp3) is 0.250. The van der Waals surface area contributed by atoms with Crippen molar-refractivity contribution in [3.8, 4) is 6.07 Å². The van der Waals surface area contributed by atoms with Crippen LogP contribution in [0.1, 0.15) is 30.1 Å². The number of Topliss-reactive ketones (excluding diaryl/α,β-unsaturated/α-hetero) is 1. The monoisotopic (exact) mass is 237 g/mol. The first-order valence-corrected chi connectivity index (χ1v) is 6.16. The molecule has 2 rings (SSSR count). The van der Waals surface area contributed by atoms with Crippen LogP contribution in [0.25, 0.3) is 10.8 Å². The zero-order valence-electron chi connectivity index (χ0n) is 10.4. The number of carbonyl (C=O) groups excluding carboxylic acids is 1. The predicted molar refractivity (Wildman–Crippen MR) is 72.3 cm³/mol. The molecule has 0 amide bonds. The Kier molecular flexibility index (Phi) is 3.74. The van der Waals surface area contributed by atoms with Crippen molar-refractivity contribution in [1.29, 1.82) is 5.26 Å². The second-order valence-corrected chi connectivity index (χ2v) is 4.36. The summed E-state index contributed by atoms with van der Waals surface area (Å²) in [7, 11) is 0. The van der Waals surface area contributed by atoms with Gasteiger partial charge in [-0.3, -0.25) is 4.79 Å². The Balaban J connectivity index is 2.48. The maximum atomic E-state index is 12.4. The van der Waals surface area contributed by atoms with Crippen molar-refractivity contribution in [1.82, 2.24) is 0 Å². The van der Waals surface area contributed by atoms with E-state index in [1.165, 1.54) is 0 Å². The van der Waals surface area contributed by atoms with Crippen LogP contribution in [0.2, 0.25) is 0 Å². The summed E-state index contributed by atoms with van der Waals surface area (Å²) in [6, 6.07) is 15.7. The Morgan fingerprint density at radius 1 is 1.22 bits per heavy atom. The predicted octanol–water partition coefficient (Wildman–Crippen LogP) is 3.96. The molecule has 1 atom stereocenters. The van der Waals surface area contributed by atoms with Gasteiger partial charge < -0.3 is 0 Å². The average Bonchev–Trinajstić information content (AvgIpc) is 2.43. The van der Waals surface area contributed by atoms with Crippen molar-refractivity contribution in [3.63, 3.8) is 0 Å². The number of benzene rings is 2. The number of rotatable bonds is 4. The number of nitriles is 1. The van der Waals surface area contributed by atoms with Gasteiger partial charge in [0.25, 0.3) is 0 Å². The summed E-state index contributed by atoms with van der Waals surface area (Å²) in [4.78, 5) is 12.4. The molecule has 2 aromatic carbocycles. The summed E-state index contributed by atoms with van der Waals surface area (Å²) in [6.45, 7) is 1.95. The van der Waals surface area contributed by atoms with E-state index in [1.54, 1.807) is 0 Å². The largest absolute Gasteiger partial charge is 0.294 e. The van der Waals surface area contributed by atoms with Gasteiger partial charge in [0.05, 0.1) is 6.07 Å². The Labute approximate surface area is 107 Å². The van der Waals surface area contributed by atoms with Crippen LogP contribution in [0.15, 0.2) is 42.5 Å². The van der Waals surface area contributed by atoms with Gasteiger partial charge in [0.15, 0.2) is 5.78 Å². The van der Waals surface area contributed by atoms with E-state index in [-0.39, 0.29) is 11.7 Å². The summed E-state index contributed by atoms with van der Waals surface area (Å²) in [5, 5.41) is 10.8. The minimum Gasteiger partial charge on any atom is -0.294 e. The molecule has 0 saturated heterocycles. The van der Waals surface area contributed by atoms with E-state index in [4.69, 9.17) is 5.26 Å². The van der Waals surface area contributed by atoms with Gasteiger partial charge in [-0.15, -0.1) is 0 Å². The van der Waals surface area contributed by atoms with E-state index in [0.29, 0.717) is 12.8 Å². The van der Waals surface area contributed by atoms with Crippen molar-refractivity contribution in [3.05, 3.63) is 48.0 Å². The van der Waals surface area contributed by atoms with E-state index in [2.05, 4.69) is 6.07 Å². The van der Waals surface area contributed by atoms with E-state index in [1.807, 2.05) is 49.4 Å². The summed E-state index contributed by atoms with van der Waals surface area (Å²) in [5.74, 6) is -0.114. The summed E-state index contributed by atoms with van der Waals surface area (Å²) < 4.78 is 0. The van der Waals surface area contributed by atoms with Gasteiger partial charge in [-0.2, -0.15) is 5.26 Å². The number of ketones is 1. The lowest BCUT2D eigenvalue weighted by Crippen LogP contribution is -2.13.